The van der Waals surface area contributed by atoms with Gasteiger partial charge in [0.2, 0.25) is 0 Å². The van der Waals surface area contributed by atoms with Crippen LogP contribution in [0.1, 0.15) is 5.56 Å². The molecule has 2 N–H and O–H groups in total. The summed E-state index contributed by atoms with van der Waals surface area (Å²) in [6, 6.07) is 19.9. The lowest BCUT2D eigenvalue weighted by Gasteiger charge is -1.95. The first-order valence-corrected chi connectivity index (χ1v) is 7.08. The molecule has 1 aromatic heterocycles. The summed E-state index contributed by atoms with van der Waals surface area (Å²) in [5.74, 6) is 0. The second kappa shape index (κ2) is 5.00. The van der Waals surface area contributed by atoms with Crippen LogP contribution < -0.4 is 5.73 Å². The molecule has 0 bridgehead atoms. The molecule has 4 rings (SSSR count). The monoisotopic (exact) mass is 286 g/mol. The summed E-state index contributed by atoms with van der Waals surface area (Å²) >= 11 is 0. The van der Waals surface area contributed by atoms with Crippen molar-refractivity contribution in [1.29, 1.82) is 0 Å². The van der Waals surface area contributed by atoms with E-state index >= 15 is 0 Å². The van der Waals surface area contributed by atoms with Gasteiger partial charge in [0.15, 0.2) is 0 Å². The standard InChI is InChI=1S/C18H14N4/c19-15-8-5-13(6-9-15)11-12-22-20-17-10-7-14-3-1-2-4-16(14)18(17)21-22/h1-12H,19H2. The van der Waals surface area contributed by atoms with Crippen LogP contribution in [0.5, 0.6) is 0 Å². The number of benzene rings is 3. The average molecular weight is 286 g/mol. The summed E-state index contributed by atoms with van der Waals surface area (Å²) in [5, 5.41) is 11.3. The lowest BCUT2D eigenvalue weighted by molar-refractivity contribution is 0.814. The fraction of sp³-hybridized carbons (Fsp3) is 0. The normalized spacial score (nSPS) is 11.6. The molecule has 106 valence electrons. The smallest absolute Gasteiger partial charge is 0.121 e. The summed E-state index contributed by atoms with van der Waals surface area (Å²) in [4.78, 5) is 1.60. The molecule has 4 heteroatoms. The maximum atomic E-state index is 5.68. The highest BCUT2D eigenvalue weighted by Crippen LogP contribution is 2.22. The van der Waals surface area contributed by atoms with E-state index in [1.165, 1.54) is 5.39 Å². The fourth-order valence-corrected chi connectivity index (χ4v) is 2.49. The van der Waals surface area contributed by atoms with Crippen LogP contribution in [0.3, 0.4) is 0 Å². The zero-order valence-corrected chi connectivity index (χ0v) is 11.8. The van der Waals surface area contributed by atoms with Gasteiger partial charge in [-0.3, -0.25) is 0 Å². The van der Waals surface area contributed by atoms with Crippen molar-refractivity contribution in [2.45, 2.75) is 0 Å². The van der Waals surface area contributed by atoms with Crippen molar-refractivity contribution in [3.8, 4) is 0 Å². The van der Waals surface area contributed by atoms with E-state index in [0.29, 0.717) is 0 Å². The van der Waals surface area contributed by atoms with Gasteiger partial charge in [-0.25, -0.2) is 0 Å². The van der Waals surface area contributed by atoms with Gasteiger partial charge in [-0.1, -0.05) is 42.5 Å². The minimum absolute atomic E-state index is 0.756. The van der Waals surface area contributed by atoms with Crippen molar-refractivity contribution >= 4 is 39.8 Å². The molecule has 0 aliphatic carbocycles. The Bertz CT molecular complexity index is 981. The van der Waals surface area contributed by atoms with Gasteiger partial charge in [0, 0.05) is 11.1 Å². The largest absolute Gasteiger partial charge is 0.399 e. The molecule has 3 aromatic carbocycles. The minimum Gasteiger partial charge on any atom is -0.399 e. The minimum atomic E-state index is 0.756. The average Bonchev–Trinajstić information content (AvgIpc) is 2.98. The number of anilines is 1. The molecule has 0 spiro atoms. The molecule has 0 radical (unpaired) electrons. The summed E-state index contributed by atoms with van der Waals surface area (Å²) in [5.41, 5.74) is 9.30. The molecule has 0 amide bonds. The van der Waals surface area contributed by atoms with E-state index in [9.17, 15) is 0 Å². The van der Waals surface area contributed by atoms with Crippen molar-refractivity contribution in [1.82, 2.24) is 15.0 Å². The Morgan fingerprint density at radius 2 is 1.68 bits per heavy atom. The van der Waals surface area contributed by atoms with Gasteiger partial charge >= 0.3 is 0 Å². The third-order valence-corrected chi connectivity index (χ3v) is 3.63. The van der Waals surface area contributed by atoms with Crippen molar-refractivity contribution in [2.75, 3.05) is 5.73 Å². The van der Waals surface area contributed by atoms with E-state index < -0.39 is 0 Å². The van der Waals surface area contributed by atoms with Crippen molar-refractivity contribution in [3.05, 3.63) is 66.2 Å². The Hall–Kier alpha value is -3.14. The molecule has 22 heavy (non-hydrogen) atoms. The van der Waals surface area contributed by atoms with Crippen LogP contribution in [0, 0.1) is 0 Å². The van der Waals surface area contributed by atoms with Gasteiger partial charge in [-0.15, -0.1) is 10.2 Å². The number of aromatic nitrogens is 3. The Morgan fingerprint density at radius 3 is 2.55 bits per heavy atom. The molecule has 0 atom stereocenters. The number of rotatable bonds is 2. The highest BCUT2D eigenvalue weighted by Gasteiger charge is 2.05. The van der Waals surface area contributed by atoms with Crippen LogP contribution in [0.2, 0.25) is 0 Å². The topological polar surface area (TPSA) is 56.7 Å². The number of fused-ring (bicyclic) bond motifs is 3. The first-order chi connectivity index (χ1) is 10.8. The SMILES string of the molecule is Nc1ccc(C=Cn2nc3ccc4ccccc4c3n2)cc1. The highest BCUT2D eigenvalue weighted by atomic mass is 15.5. The summed E-state index contributed by atoms with van der Waals surface area (Å²) in [6.07, 6.45) is 3.81. The summed E-state index contributed by atoms with van der Waals surface area (Å²) in [6.45, 7) is 0. The van der Waals surface area contributed by atoms with Gasteiger partial charge in [0.1, 0.15) is 11.0 Å². The van der Waals surface area contributed by atoms with E-state index in [1.54, 1.807) is 4.80 Å². The second-order valence-electron chi connectivity index (χ2n) is 5.16. The third-order valence-electron chi connectivity index (χ3n) is 3.63. The number of nitrogens with two attached hydrogens (primary N) is 1. The van der Waals surface area contributed by atoms with Crippen LogP contribution >= 0.6 is 0 Å². The molecule has 4 aromatic rings. The van der Waals surface area contributed by atoms with Gasteiger partial charge < -0.3 is 5.73 Å². The Labute approximate surface area is 127 Å². The maximum absolute atomic E-state index is 5.68. The number of nitrogen functional groups attached to an aromatic ring is 1. The van der Waals surface area contributed by atoms with Gasteiger partial charge in [-0.2, -0.15) is 4.80 Å². The van der Waals surface area contributed by atoms with Crippen LogP contribution in [-0.4, -0.2) is 15.0 Å². The lowest BCUT2D eigenvalue weighted by atomic mass is 10.1. The first-order valence-electron chi connectivity index (χ1n) is 7.08. The van der Waals surface area contributed by atoms with E-state index in [1.807, 2.05) is 54.7 Å². The first kappa shape index (κ1) is 12.6. The van der Waals surface area contributed by atoms with E-state index in [4.69, 9.17) is 5.73 Å². The molecule has 0 aliphatic rings. The highest BCUT2D eigenvalue weighted by molar-refractivity contribution is 6.03. The zero-order valence-electron chi connectivity index (χ0n) is 11.8. The van der Waals surface area contributed by atoms with Gasteiger partial charge in [-0.05, 0) is 35.2 Å². The lowest BCUT2D eigenvalue weighted by Crippen LogP contribution is -1.90. The Morgan fingerprint density at radius 1 is 0.864 bits per heavy atom. The summed E-state index contributed by atoms with van der Waals surface area (Å²) in [7, 11) is 0. The van der Waals surface area contributed by atoms with Crippen molar-refractivity contribution < 1.29 is 0 Å². The van der Waals surface area contributed by atoms with Crippen LogP contribution in [0.4, 0.5) is 5.69 Å². The van der Waals surface area contributed by atoms with E-state index in [0.717, 1.165) is 27.7 Å². The Kier molecular flexibility index (Phi) is 2.86. The van der Waals surface area contributed by atoms with Crippen molar-refractivity contribution in [3.63, 3.8) is 0 Å². The van der Waals surface area contributed by atoms with E-state index in [-0.39, 0.29) is 0 Å². The van der Waals surface area contributed by atoms with E-state index in [2.05, 4.69) is 28.4 Å². The Balaban J connectivity index is 1.76. The summed E-state index contributed by atoms with van der Waals surface area (Å²) < 4.78 is 0. The number of hydrogen-bond acceptors (Lipinski definition) is 3. The molecule has 4 nitrogen and oxygen atoms in total. The van der Waals surface area contributed by atoms with Gasteiger partial charge in [0.25, 0.3) is 0 Å². The quantitative estimate of drug-likeness (QED) is 0.570. The molecule has 0 saturated heterocycles. The van der Waals surface area contributed by atoms with Crippen molar-refractivity contribution in [2.24, 2.45) is 0 Å². The number of hydrogen-bond donors (Lipinski definition) is 1. The van der Waals surface area contributed by atoms with Crippen LogP contribution in [0.15, 0.2) is 60.7 Å². The molecule has 1 heterocycles. The molecule has 0 aliphatic heterocycles. The second-order valence-corrected chi connectivity index (χ2v) is 5.16. The number of nitrogens with zero attached hydrogens (tertiary/aromatic N) is 3. The van der Waals surface area contributed by atoms with Crippen LogP contribution in [0.25, 0.3) is 34.1 Å². The predicted octanol–water partition coefficient (Wildman–Crippen LogP) is 3.79. The molecule has 0 saturated carbocycles. The van der Waals surface area contributed by atoms with Crippen LogP contribution in [-0.2, 0) is 0 Å². The molecular formula is C18H14N4. The van der Waals surface area contributed by atoms with Gasteiger partial charge in [0.05, 0.1) is 6.20 Å². The fourth-order valence-electron chi connectivity index (χ4n) is 2.49. The zero-order chi connectivity index (χ0) is 14.9. The molecular weight excluding hydrogens is 272 g/mol. The molecule has 0 unspecified atom stereocenters. The predicted molar refractivity (Wildman–Crippen MR) is 91.1 cm³/mol. The molecule has 0 fully saturated rings. The third kappa shape index (κ3) is 2.20. The maximum Gasteiger partial charge on any atom is 0.121 e.